The third-order valence-electron chi connectivity index (χ3n) is 7.17. The van der Waals surface area contributed by atoms with Crippen LogP contribution >= 0.6 is 35.4 Å². The molecule has 0 aliphatic carbocycles. The molecule has 218 valence electrons. The zero-order valence-corrected chi connectivity index (χ0v) is 25.6. The highest BCUT2D eigenvalue weighted by Gasteiger charge is 2.30. The molecule has 2 aromatic carbocycles. The van der Waals surface area contributed by atoms with Crippen molar-refractivity contribution in [2.75, 3.05) is 42.1 Å². The van der Waals surface area contributed by atoms with Crippen molar-refractivity contribution in [1.29, 1.82) is 5.41 Å². The van der Waals surface area contributed by atoms with Crippen LogP contribution in [0, 0.1) is 24.2 Å². The predicted octanol–water partition coefficient (Wildman–Crippen LogP) is 6.62. The third-order valence-corrected chi connectivity index (χ3v) is 8.11. The van der Waals surface area contributed by atoms with Gasteiger partial charge in [-0.15, -0.1) is 0 Å². The average Bonchev–Trinajstić information content (AvgIpc) is 3.55. The molecule has 3 heterocycles. The number of aryl methyl sites for hydroxylation is 1. The zero-order valence-electron chi connectivity index (χ0n) is 23.2. The van der Waals surface area contributed by atoms with Crippen LogP contribution in [0.25, 0.3) is 17.0 Å². The first kappa shape index (κ1) is 29.8. The molecule has 0 radical (unpaired) electrons. The minimum absolute atomic E-state index is 0.0422. The highest BCUT2D eigenvalue weighted by atomic mass is 35.5. The van der Waals surface area contributed by atoms with E-state index in [4.69, 9.17) is 51.0 Å². The van der Waals surface area contributed by atoms with Gasteiger partial charge in [0.2, 0.25) is 5.95 Å². The first-order valence-electron chi connectivity index (χ1n) is 13.6. The van der Waals surface area contributed by atoms with E-state index in [0.29, 0.717) is 44.2 Å². The van der Waals surface area contributed by atoms with E-state index in [1.54, 1.807) is 24.3 Å². The number of amidine groups is 1. The number of anilines is 3. The molecule has 9 nitrogen and oxygen atoms in total. The Bertz CT molecular complexity index is 1660. The van der Waals surface area contributed by atoms with Crippen molar-refractivity contribution in [2.45, 2.75) is 13.8 Å². The summed E-state index contributed by atoms with van der Waals surface area (Å²) < 4.78 is 6.01. The van der Waals surface area contributed by atoms with Crippen molar-refractivity contribution < 1.29 is 4.42 Å². The molecule has 1 aliphatic rings. The maximum Gasteiger partial charge on any atom is 0.231 e. The van der Waals surface area contributed by atoms with Crippen molar-refractivity contribution in [3.63, 3.8) is 0 Å². The topological polar surface area (TPSA) is 128 Å². The summed E-state index contributed by atoms with van der Waals surface area (Å²) in [5.74, 6) is 2.64. The Labute approximate surface area is 260 Å². The molecular weight excluding hydrogens is 591 g/mol. The molecule has 2 aromatic heterocycles. The fraction of sp³-hybridized carbons (Fsp3) is 0.267. The molecule has 2 unspecified atom stereocenters. The number of hydrogen-bond acceptors (Lipinski definition) is 7. The van der Waals surface area contributed by atoms with Gasteiger partial charge >= 0.3 is 0 Å². The van der Waals surface area contributed by atoms with Gasteiger partial charge in [0.25, 0.3) is 0 Å². The first-order chi connectivity index (χ1) is 20.2. The average molecular weight is 624 g/mol. The van der Waals surface area contributed by atoms with Gasteiger partial charge in [0.05, 0.1) is 10.0 Å². The van der Waals surface area contributed by atoms with E-state index < -0.39 is 0 Å². The second kappa shape index (κ2) is 13.1. The molecule has 2 atom stereocenters. The number of rotatable bonds is 9. The van der Waals surface area contributed by atoms with Crippen LogP contribution in [-0.2, 0) is 0 Å². The summed E-state index contributed by atoms with van der Waals surface area (Å²) in [6.45, 7) is 7.79. The Morgan fingerprint density at radius 1 is 1.12 bits per heavy atom. The van der Waals surface area contributed by atoms with Crippen LogP contribution in [0.4, 0.5) is 17.5 Å². The SMILES string of the molecule is CCN1CC(C=Cc2cc3cc(C(=N)N)ccc3o2)C(CNc2cc(C)nc(NC(=S)Nc3ccc(Cl)c(Cl)c3)n2)C1. The Hall–Kier alpha value is -3.70. The molecule has 0 saturated carbocycles. The van der Waals surface area contributed by atoms with Gasteiger partial charge in [0, 0.05) is 48.0 Å². The van der Waals surface area contributed by atoms with E-state index in [-0.39, 0.29) is 5.84 Å². The van der Waals surface area contributed by atoms with Crippen LogP contribution < -0.4 is 21.7 Å². The van der Waals surface area contributed by atoms with Crippen LogP contribution in [-0.4, -0.2) is 52.0 Å². The van der Waals surface area contributed by atoms with Crippen LogP contribution in [0.2, 0.25) is 10.0 Å². The van der Waals surface area contributed by atoms with Crippen LogP contribution in [0.5, 0.6) is 0 Å². The molecule has 6 N–H and O–H groups in total. The van der Waals surface area contributed by atoms with Crippen molar-refractivity contribution in [2.24, 2.45) is 17.6 Å². The number of furan rings is 1. The van der Waals surface area contributed by atoms with Gasteiger partial charge < -0.3 is 31.0 Å². The molecule has 5 rings (SSSR count). The van der Waals surface area contributed by atoms with Crippen molar-refractivity contribution in [3.8, 4) is 0 Å². The number of likely N-dealkylation sites (tertiary alicyclic amines) is 1. The summed E-state index contributed by atoms with van der Waals surface area (Å²) in [5, 5.41) is 19.5. The van der Waals surface area contributed by atoms with Crippen LogP contribution in [0.3, 0.4) is 0 Å². The Kier molecular flexibility index (Phi) is 9.27. The Morgan fingerprint density at radius 2 is 1.95 bits per heavy atom. The van der Waals surface area contributed by atoms with Crippen molar-refractivity contribution in [3.05, 3.63) is 81.7 Å². The molecule has 4 aromatic rings. The lowest BCUT2D eigenvalue weighted by Gasteiger charge is -2.17. The summed E-state index contributed by atoms with van der Waals surface area (Å²) in [6.07, 6.45) is 4.28. The summed E-state index contributed by atoms with van der Waals surface area (Å²) in [4.78, 5) is 11.6. The number of nitrogen functional groups attached to an aromatic ring is 1. The molecular formula is C30H32Cl2N8OS. The zero-order chi connectivity index (χ0) is 29.8. The Morgan fingerprint density at radius 3 is 2.71 bits per heavy atom. The van der Waals surface area contributed by atoms with Gasteiger partial charge in [-0.3, -0.25) is 5.41 Å². The second-order valence-corrected chi connectivity index (χ2v) is 11.5. The van der Waals surface area contributed by atoms with Gasteiger partial charge in [-0.25, -0.2) is 4.98 Å². The lowest BCUT2D eigenvalue weighted by molar-refractivity contribution is 0.343. The van der Waals surface area contributed by atoms with E-state index in [2.05, 4.69) is 43.8 Å². The van der Waals surface area contributed by atoms with Gasteiger partial charge in [0.1, 0.15) is 23.0 Å². The number of hydrogen-bond donors (Lipinski definition) is 5. The maximum atomic E-state index is 7.67. The van der Waals surface area contributed by atoms with E-state index in [9.17, 15) is 0 Å². The van der Waals surface area contributed by atoms with E-state index in [1.165, 1.54) is 0 Å². The quantitative estimate of drug-likeness (QED) is 0.0794. The summed E-state index contributed by atoms with van der Waals surface area (Å²) >= 11 is 17.6. The molecule has 42 heavy (non-hydrogen) atoms. The molecule has 0 bridgehead atoms. The number of benzene rings is 2. The van der Waals surface area contributed by atoms with Crippen molar-refractivity contribution >= 4 is 80.9 Å². The predicted molar refractivity (Wildman–Crippen MR) is 177 cm³/mol. The Balaban J connectivity index is 1.23. The van der Waals surface area contributed by atoms with Gasteiger partial charge in [-0.2, -0.15) is 4.98 Å². The molecule has 1 saturated heterocycles. The van der Waals surface area contributed by atoms with Gasteiger partial charge in [-0.05, 0) is 86.1 Å². The van der Waals surface area contributed by atoms with Crippen LogP contribution in [0.15, 0.2) is 59.0 Å². The number of fused-ring (bicyclic) bond motifs is 1. The number of halogens is 2. The lowest BCUT2D eigenvalue weighted by Crippen LogP contribution is -2.24. The molecule has 0 amide bonds. The second-order valence-electron chi connectivity index (χ2n) is 10.3. The monoisotopic (exact) mass is 622 g/mol. The minimum Gasteiger partial charge on any atom is -0.457 e. The smallest absolute Gasteiger partial charge is 0.231 e. The number of aromatic nitrogens is 2. The normalized spacial score (nSPS) is 17.1. The summed E-state index contributed by atoms with van der Waals surface area (Å²) in [7, 11) is 0. The number of nitrogens with zero attached hydrogens (tertiary/aromatic N) is 3. The number of nitrogens with two attached hydrogens (primary N) is 1. The van der Waals surface area contributed by atoms with Gasteiger partial charge in [-0.1, -0.05) is 36.2 Å². The molecule has 1 aliphatic heterocycles. The van der Waals surface area contributed by atoms with Crippen molar-refractivity contribution in [1.82, 2.24) is 14.9 Å². The van der Waals surface area contributed by atoms with E-state index >= 15 is 0 Å². The standard InChI is InChI=1S/C30H32Cl2N8OS/c1-3-40-15-19(4-7-23-12-20-11-18(28(33)34)5-9-26(20)41-23)21(16-40)14-35-27-10-17(2)36-29(38-27)39-30(42)37-22-6-8-24(31)25(32)13-22/h4-13,19,21H,3,14-16H2,1-2H3,(H3,33,34)(H3,35,36,37,38,39,42). The third kappa shape index (κ3) is 7.38. The fourth-order valence-electron chi connectivity index (χ4n) is 5.00. The van der Waals surface area contributed by atoms with E-state index in [0.717, 1.165) is 54.4 Å². The fourth-order valence-corrected chi connectivity index (χ4v) is 5.51. The summed E-state index contributed by atoms with van der Waals surface area (Å²) in [6, 6.07) is 14.6. The molecule has 0 spiro atoms. The molecule has 1 fully saturated rings. The largest absolute Gasteiger partial charge is 0.457 e. The highest BCUT2D eigenvalue weighted by Crippen LogP contribution is 2.28. The minimum atomic E-state index is 0.0422. The van der Waals surface area contributed by atoms with E-state index in [1.807, 2.05) is 37.3 Å². The van der Waals surface area contributed by atoms with Crippen LogP contribution in [0.1, 0.15) is 23.9 Å². The highest BCUT2D eigenvalue weighted by molar-refractivity contribution is 7.80. The lowest BCUT2D eigenvalue weighted by atomic mass is 9.95. The number of nitrogens with one attached hydrogen (secondary N) is 4. The van der Waals surface area contributed by atoms with Gasteiger partial charge in [0.15, 0.2) is 5.11 Å². The molecule has 12 heteroatoms. The first-order valence-corrected chi connectivity index (χ1v) is 14.7. The maximum absolute atomic E-state index is 7.67. The number of thiocarbonyl (C=S) groups is 1. The summed E-state index contributed by atoms with van der Waals surface area (Å²) in [5.41, 5.74) is 8.61.